The van der Waals surface area contributed by atoms with Crippen LogP contribution in [-0.4, -0.2) is 36.3 Å². The minimum Gasteiger partial charge on any atom is -0.489 e. The van der Waals surface area contributed by atoms with Gasteiger partial charge in [-0.05, 0) is 24.6 Å². The maximum Gasteiger partial charge on any atom is 0.312 e. The Morgan fingerprint density at radius 2 is 2.35 bits per heavy atom. The van der Waals surface area contributed by atoms with Crippen molar-refractivity contribution in [1.29, 1.82) is 5.41 Å². The average molecular weight is 380 g/mol. The zero-order valence-corrected chi connectivity index (χ0v) is 14.8. The number of alkyl halides is 2. The Labute approximate surface area is 152 Å². The van der Waals surface area contributed by atoms with Crippen molar-refractivity contribution in [2.75, 3.05) is 6.54 Å². The van der Waals surface area contributed by atoms with Gasteiger partial charge in [-0.3, -0.25) is 4.79 Å². The van der Waals surface area contributed by atoms with Gasteiger partial charge in [0.05, 0.1) is 15.7 Å². The van der Waals surface area contributed by atoms with Gasteiger partial charge in [0.15, 0.2) is 0 Å². The van der Waals surface area contributed by atoms with E-state index in [4.69, 9.17) is 10.1 Å². The quantitative estimate of drug-likeness (QED) is 0.509. The SMILES string of the molecule is C[C@@H](Oc1cc(/C(C=N)=C/NC(F)F)cc2ncsc12)[C@H]1CNC(=O)C1. The molecule has 0 unspecified atom stereocenters. The van der Waals surface area contributed by atoms with Crippen molar-refractivity contribution in [1.82, 2.24) is 15.6 Å². The van der Waals surface area contributed by atoms with Gasteiger partial charge in [0, 0.05) is 36.9 Å². The third kappa shape index (κ3) is 3.98. The monoisotopic (exact) mass is 380 g/mol. The van der Waals surface area contributed by atoms with Gasteiger partial charge in [-0.15, -0.1) is 11.3 Å². The second-order valence-corrected chi connectivity index (χ2v) is 6.83. The Kier molecular flexibility index (Phi) is 5.46. The number of carbonyl (C=O) groups is 1. The van der Waals surface area contributed by atoms with Gasteiger partial charge in [-0.1, -0.05) is 0 Å². The predicted molar refractivity (Wildman–Crippen MR) is 96.7 cm³/mol. The molecule has 2 aromatic rings. The van der Waals surface area contributed by atoms with Crippen molar-refractivity contribution in [3.05, 3.63) is 29.4 Å². The number of allylic oxidation sites excluding steroid dienone is 1. The molecule has 3 rings (SSSR count). The first-order chi connectivity index (χ1) is 12.5. The molecule has 1 aromatic heterocycles. The molecule has 1 aromatic carbocycles. The fourth-order valence-corrected chi connectivity index (χ4v) is 3.54. The van der Waals surface area contributed by atoms with E-state index in [0.29, 0.717) is 29.8 Å². The number of hydrogen-bond donors (Lipinski definition) is 3. The van der Waals surface area contributed by atoms with E-state index in [1.165, 1.54) is 11.3 Å². The van der Waals surface area contributed by atoms with Crippen LogP contribution in [0.25, 0.3) is 15.8 Å². The van der Waals surface area contributed by atoms with Gasteiger partial charge in [-0.25, -0.2) is 4.98 Å². The first kappa shape index (κ1) is 18.2. The molecule has 1 amide bonds. The molecule has 0 radical (unpaired) electrons. The highest BCUT2D eigenvalue weighted by molar-refractivity contribution is 7.17. The van der Waals surface area contributed by atoms with Crippen molar-refractivity contribution < 1.29 is 18.3 Å². The normalized spacial score (nSPS) is 18.8. The van der Waals surface area contributed by atoms with E-state index in [2.05, 4.69) is 10.3 Å². The molecule has 1 aliphatic heterocycles. The largest absolute Gasteiger partial charge is 0.489 e. The minimum absolute atomic E-state index is 0.00855. The molecule has 0 aliphatic carbocycles. The number of rotatable bonds is 7. The molecule has 1 aliphatic rings. The summed E-state index contributed by atoms with van der Waals surface area (Å²) in [7, 11) is 0. The van der Waals surface area contributed by atoms with Gasteiger partial charge < -0.3 is 20.8 Å². The second kappa shape index (κ2) is 7.77. The number of benzene rings is 1. The number of aromatic nitrogens is 1. The number of amides is 1. The summed E-state index contributed by atoms with van der Waals surface area (Å²) in [5, 5.41) is 12.2. The van der Waals surface area contributed by atoms with Crippen molar-refractivity contribution in [2.45, 2.75) is 26.0 Å². The van der Waals surface area contributed by atoms with Crippen molar-refractivity contribution in [3.63, 3.8) is 0 Å². The fraction of sp³-hybridized carbons (Fsp3) is 0.353. The lowest BCUT2D eigenvalue weighted by atomic mass is 10.0. The van der Waals surface area contributed by atoms with Crippen LogP contribution in [0.3, 0.4) is 0 Å². The van der Waals surface area contributed by atoms with Gasteiger partial charge >= 0.3 is 6.55 Å². The van der Waals surface area contributed by atoms with Crippen LogP contribution in [0.1, 0.15) is 18.9 Å². The van der Waals surface area contributed by atoms with E-state index in [-0.39, 0.29) is 23.5 Å². The molecule has 26 heavy (non-hydrogen) atoms. The molecular formula is C17H18F2N4O2S. The first-order valence-corrected chi connectivity index (χ1v) is 8.91. The van der Waals surface area contributed by atoms with E-state index in [0.717, 1.165) is 17.1 Å². The van der Waals surface area contributed by atoms with Gasteiger partial charge in [0.2, 0.25) is 5.91 Å². The highest BCUT2D eigenvalue weighted by atomic mass is 32.1. The zero-order valence-electron chi connectivity index (χ0n) is 14.0. The number of thiazole rings is 1. The van der Waals surface area contributed by atoms with Gasteiger partial charge in [-0.2, -0.15) is 8.78 Å². The van der Waals surface area contributed by atoms with Crippen molar-refractivity contribution >= 4 is 39.2 Å². The average Bonchev–Trinajstić information content (AvgIpc) is 3.24. The molecule has 2 atom stereocenters. The molecule has 3 N–H and O–H groups in total. The molecule has 9 heteroatoms. The van der Waals surface area contributed by atoms with E-state index in [1.807, 2.05) is 12.2 Å². The number of nitrogens with one attached hydrogen (secondary N) is 3. The van der Waals surface area contributed by atoms with Crippen LogP contribution in [0.2, 0.25) is 0 Å². The Hall–Kier alpha value is -2.55. The van der Waals surface area contributed by atoms with E-state index < -0.39 is 6.55 Å². The smallest absolute Gasteiger partial charge is 0.312 e. The molecule has 0 bridgehead atoms. The highest BCUT2D eigenvalue weighted by Crippen LogP contribution is 2.34. The first-order valence-electron chi connectivity index (χ1n) is 8.03. The summed E-state index contributed by atoms with van der Waals surface area (Å²) in [5.74, 6) is 0.637. The Bertz CT molecular complexity index is 852. The lowest BCUT2D eigenvalue weighted by Crippen LogP contribution is -2.25. The van der Waals surface area contributed by atoms with Crippen LogP contribution in [0.4, 0.5) is 8.78 Å². The number of ether oxygens (including phenoxy) is 1. The van der Waals surface area contributed by atoms with Crippen LogP contribution in [0, 0.1) is 11.3 Å². The Balaban J connectivity index is 1.91. The summed E-state index contributed by atoms with van der Waals surface area (Å²) in [6.07, 6.45) is 2.30. The van der Waals surface area contributed by atoms with E-state index in [1.54, 1.807) is 17.6 Å². The predicted octanol–water partition coefficient (Wildman–Crippen LogP) is 3.00. The number of nitrogens with zero attached hydrogens (tertiary/aromatic N) is 1. The number of fused-ring (bicyclic) bond motifs is 1. The summed E-state index contributed by atoms with van der Waals surface area (Å²) in [4.78, 5) is 15.7. The summed E-state index contributed by atoms with van der Waals surface area (Å²) in [6.45, 7) is -0.248. The van der Waals surface area contributed by atoms with Crippen molar-refractivity contribution in [2.24, 2.45) is 5.92 Å². The van der Waals surface area contributed by atoms with Crippen LogP contribution < -0.4 is 15.4 Å². The second-order valence-electron chi connectivity index (χ2n) is 5.98. The third-order valence-electron chi connectivity index (χ3n) is 4.24. The maximum atomic E-state index is 12.4. The number of halogens is 2. The lowest BCUT2D eigenvalue weighted by molar-refractivity contribution is -0.119. The molecule has 0 spiro atoms. The summed E-state index contributed by atoms with van der Waals surface area (Å²) < 4.78 is 31.7. The molecule has 1 fully saturated rings. The molecule has 0 saturated carbocycles. The van der Waals surface area contributed by atoms with Crippen LogP contribution >= 0.6 is 11.3 Å². The summed E-state index contributed by atoms with van der Waals surface area (Å²) in [6, 6.07) is 3.44. The standard InChI is InChI=1S/C17H18F2N4O2S/c1-9(11-4-15(24)21-6-11)25-14-3-10(2-13-16(14)26-8-23-13)12(5-20)7-22-17(18)19/h2-3,5,7-9,11,17,20,22H,4,6H2,1H3,(H,21,24)/b12-7+,20-5?/t9-,11-/m1/s1. The molecule has 1 saturated heterocycles. The van der Waals surface area contributed by atoms with Gasteiger partial charge in [0.1, 0.15) is 11.9 Å². The fourth-order valence-electron chi connectivity index (χ4n) is 2.81. The van der Waals surface area contributed by atoms with E-state index in [9.17, 15) is 13.6 Å². The summed E-state index contributed by atoms with van der Waals surface area (Å²) in [5.41, 5.74) is 3.18. The van der Waals surface area contributed by atoms with Crippen LogP contribution in [0.5, 0.6) is 5.75 Å². The van der Waals surface area contributed by atoms with Gasteiger partial charge in [0.25, 0.3) is 0 Å². The minimum atomic E-state index is -2.71. The van der Waals surface area contributed by atoms with Crippen molar-refractivity contribution in [3.8, 4) is 5.75 Å². The van der Waals surface area contributed by atoms with E-state index >= 15 is 0 Å². The van der Waals surface area contributed by atoms with Crippen LogP contribution in [0.15, 0.2) is 23.8 Å². The third-order valence-corrected chi connectivity index (χ3v) is 5.09. The highest BCUT2D eigenvalue weighted by Gasteiger charge is 2.28. The maximum absolute atomic E-state index is 12.4. The molecule has 138 valence electrons. The molecule has 2 heterocycles. The zero-order chi connectivity index (χ0) is 18.7. The topological polar surface area (TPSA) is 87.1 Å². The number of carbonyl (C=O) groups excluding carboxylic acids is 1. The lowest BCUT2D eigenvalue weighted by Gasteiger charge is -2.20. The Morgan fingerprint density at radius 3 is 3.00 bits per heavy atom. The molecular weight excluding hydrogens is 362 g/mol. The van der Waals surface area contributed by atoms with Crippen LogP contribution in [-0.2, 0) is 4.79 Å². The number of hydrogen-bond acceptors (Lipinski definition) is 6. The molecule has 6 nitrogen and oxygen atoms in total. The summed E-state index contributed by atoms with van der Waals surface area (Å²) >= 11 is 1.41. The Morgan fingerprint density at radius 1 is 1.54 bits per heavy atom.